The van der Waals surface area contributed by atoms with Gasteiger partial charge in [0.05, 0.1) is 23.6 Å². The maximum Gasteiger partial charge on any atom is 0.327 e. The molecule has 30 heavy (non-hydrogen) atoms. The summed E-state index contributed by atoms with van der Waals surface area (Å²) in [6.45, 7) is 1.90. The Bertz CT molecular complexity index is 1150. The zero-order valence-electron chi connectivity index (χ0n) is 15.8. The number of aryl methyl sites for hydroxylation is 1. The Morgan fingerprint density at radius 3 is 2.60 bits per heavy atom. The Hall–Kier alpha value is -3.59. The van der Waals surface area contributed by atoms with Gasteiger partial charge in [0.2, 0.25) is 0 Å². The first-order chi connectivity index (χ1) is 14.5. The van der Waals surface area contributed by atoms with Crippen molar-refractivity contribution in [2.75, 3.05) is 4.90 Å². The minimum Gasteiger partial charge on any atom is -0.480 e. The highest BCUT2D eigenvalue weighted by molar-refractivity contribution is 8.00. The first kappa shape index (κ1) is 18.4. The van der Waals surface area contributed by atoms with Crippen molar-refractivity contribution in [1.29, 1.82) is 0 Å². The van der Waals surface area contributed by atoms with Gasteiger partial charge < -0.3 is 15.2 Å². The fourth-order valence-electron chi connectivity index (χ4n) is 3.58. The highest BCUT2D eigenvalue weighted by Crippen LogP contribution is 2.50. The molecule has 2 amide bonds. The number of rotatable bonds is 4. The van der Waals surface area contributed by atoms with Gasteiger partial charge in [-0.25, -0.2) is 9.78 Å². The van der Waals surface area contributed by atoms with E-state index in [1.165, 1.54) is 4.90 Å². The van der Waals surface area contributed by atoms with Gasteiger partial charge in [-0.2, -0.15) is 0 Å². The number of carbonyl (C=O) groups is 2. The predicted molar refractivity (Wildman–Crippen MR) is 110 cm³/mol. The summed E-state index contributed by atoms with van der Waals surface area (Å²) >= 11 is 1.16. The van der Waals surface area contributed by atoms with Crippen LogP contribution in [0.3, 0.4) is 0 Å². The van der Waals surface area contributed by atoms with Crippen LogP contribution < -0.4 is 15.0 Å². The normalized spacial score (nSPS) is 19.2. The van der Waals surface area contributed by atoms with Crippen LogP contribution in [0.25, 0.3) is 0 Å². The summed E-state index contributed by atoms with van der Waals surface area (Å²) in [6.07, 6.45) is 3.24. The Balaban J connectivity index is 1.46. The topological polar surface area (TPSA) is 105 Å². The van der Waals surface area contributed by atoms with E-state index >= 15 is 0 Å². The minimum absolute atomic E-state index is 0.380. The van der Waals surface area contributed by atoms with Crippen LogP contribution in [0.15, 0.2) is 59.9 Å². The first-order valence-electron chi connectivity index (χ1n) is 9.21. The molecule has 1 aromatic carbocycles. The number of amides is 2. The summed E-state index contributed by atoms with van der Waals surface area (Å²) in [5, 5.41) is 12.2. The number of carboxylic acid groups (broad SMARTS) is 1. The minimum atomic E-state index is -0.977. The number of nitrogens with zero attached hydrogens (tertiary/aromatic N) is 3. The van der Waals surface area contributed by atoms with Crippen LogP contribution in [0.2, 0.25) is 0 Å². The molecule has 5 rings (SSSR count). The maximum atomic E-state index is 12.9. The van der Waals surface area contributed by atoms with Crippen molar-refractivity contribution in [3.63, 3.8) is 0 Å². The molecule has 9 heteroatoms. The van der Waals surface area contributed by atoms with E-state index in [1.54, 1.807) is 42.7 Å². The number of aliphatic carboxylic acids is 1. The molecule has 0 spiro atoms. The van der Waals surface area contributed by atoms with Gasteiger partial charge in [-0.15, -0.1) is 0 Å². The lowest BCUT2D eigenvalue weighted by Gasteiger charge is -2.33. The molecule has 2 aliphatic rings. The zero-order chi connectivity index (χ0) is 20.8. The molecule has 3 aromatic rings. The van der Waals surface area contributed by atoms with Crippen molar-refractivity contribution in [2.24, 2.45) is 0 Å². The number of aromatic nitrogens is 2. The SMILES string of the molecule is Cc1ccc(Oc2ccc(N3C(=O)NC4c5c3ccnc5SC4C(=O)O)cc2)cn1. The lowest BCUT2D eigenvalue weighted by molar-refractivity contribution is -0.136. The van der Waals surface area contributed by atoms with E-state index in [2.05, 4.69) is 15.3 Å². The molecular formula is C21H16N4O4S. The van der Waals surface area contributed by atoms with Gasteiger partial charge in [0.1, 0.15) is 21.8 Å². The van der Waals surface area contributed by atoms with Gasteiger partial charge in [-0.3, -0.25) is 14.7 Å². The van der Waals surface area contributed by atoms with E-state index in [-0.39, 0.29) is 6.03 Å². The summed E-state index contributed by atoms with van der Waals surface area (Å²) in [7, 11) is 0. The fraction of sp³-hybridized carbons (Fsp3) is 0.143. The number of pyridine rings is 2. The van der Waals surface area contributed by atoms with Crippen LogP contribution in [0.5, 0.6) is 11.5 Å². The molecule has 2 aromatic heterocycles. The van der Waals surface area contributed by atoms with Crippen LogP contribution in [0.4, 0.5) is 16.2 Å². The maximum absolute atomic E-state index is 12.9. The molecule has 150 valence electrons. The van der Waals surface area contributed by atoms with Gasteiger partial charge in [-0.05, 0) is 49.4 Å². The molecule has 0 bridgehead atoms. The number of hydrogen-bond acceptors (Lipinski definition) is 6. The number of nitrogens with one attached hydrogen (secondary N) is 1. The van der Waals surface area contributed by atoms with Gasteiger partial charge >= 0.3 is 12.0 Å². The predicted octanol–water partition coefficient (Wildman–Crippen LogP) is 4.04. The Morgan fingerprint density at radius 2 is 1.90 bits per heavy atom. The lowest BCUT2D eigenvalue weighted by Crippen LogP contribution is -2.47. The van der Waals surface area contributed by atoms with Gasteiger partial charge in [0.15, 0.2) is 0 Å². The fourth-order valence-corrected chi connectivity index (χ4v) is 4.75. The third-order valence-corrected chi connectivity index (χ3v) is 6.24. The van der Waals surface area contributed by atoms with E-state index in [9.17, 15) is 14.7 Å². The number of urea groups is 1. The Labute approximate surface area is 175 Å². The average Bonchev–Trinajstić information content (AvgIpc) is 3.11. The van der Waals surface area contributed by atoms with Gasteiger partial charge in [0.25, 0.3) is 0 Å². The number of thioether (sulfide) groups is 1. The second kappa shape index (κ2) is 7.03. The third-order valence-electron chi connectivity index (χ3n) is 4.96. The van der Waals surface area contributed by atoms with Crippen LogP contribution in [-0.2, 0) is 4.79 Å². The summed E-state index contributed by atoms with van der Waals surface area (Å²) in [4.78, 5) is 34.5. The highest BCUT2D eigenvalue weighted by atomic mass is 32.2. The molecule has 2 atom stereocenters. The van der Waals surface area contributed by atoms with Crippen molar-refractivity contribution in [2.45, 2.75) is 23.2 Å². The second-order valence-electron chi connectivity index (χ2n) is 6.92. The summed E-state index contributed by atoms with van der Waals surface area (Å²) in [5.41, 5.74) is 2.92. The molecule has 0 saturated carbocycles. The van der Waals surface area contributed by atoms with Crippen LogP contribution in [-0.4, -0.2) is 32.3 Å². The van der Waals surface area contributed by atoms with E-state index in [0.29, 0.717) is 27.9 Å². The molecule has 0 aliphatic carbocycles. The zero-order valence-corrected chi connectivity index (χ0v) is 16.6. The number of ether oxygens (including phenoxy) is 1. The molecule has 8 nitrogen and oxygen atoms in total. The summed E-state index contributed by atoms with van der Waals surface area (Å²) in [5.74, 6) is 0.256. The van der Waals surface area contributed by atoms with Crippen molar-refractivity contribution in [3.8, 4) is 11.5 Å². The van der Waals surface area contributed by atoms with Crippen molar-refractivity contribution < 1.29 is 19.4 Å². The molecule has 0 saturated heterocycles. The number of carbonyl (C=O) groups excluding carboxylic acids is 1. The number of carboxylic acids is 1. The number of benzene rings is 1. The first-order valence-corrected chi connectivity index (χ1v) is 10.1. The Kier molecular flexibility index (Phi) is 4.32. The van der Waals surface area contributed by atoms with E-state index < -0.39 is 17.3 Å². The van der Waals surface area contributed by atoms with Crippen molar-refractivity contribution in [3.05, 3.63) is 66.1 Å². The Morgan fingerprint density at radius 1 is 1.13 bits per heavy atom. The van der Waals surface area contributed by atoms with Gasteiger partial charge in [0, 0.05) is 17.5 Å². The lowest BCUT2D eigenvalue weighted by atomic mass is 10.0. The van der Waals surface area contributed by atoms with Crippen LogP contribution in [0, 0.1) is 6.92 Å². The van der Waals surface area contributed by atoms with Crippen LogP contribution >= 0.6 is 11.8 Å². The highest BCUT2D eigenvalue weighted by Gasteiger charge is 2.46. The largest absolute Gasteiger partial charge is 0.480 e. The number of hydrogen-bond donors (Lipinski definition) is 2. The standard InChI is InChI=1S/C21H16N4O4S/c1-11-2-5-14(10-23-11)29-13-6-3-12(4-7-13)25-15-8-9-22-19-16(15)17(24-21(25)28)18(30-19)20(26)27/h2-10,17-18H,1H3,(H,24,28)(H,26,27). The van der Waals surface area contributed by atoms with Crippen LogP contribution in [0.1, 0.15) is 17.3 Å². The molecule has 2 aliphatic heterocycles. The molecular weight excluding hydrogens is 404 g/mol. The summed E-state index contributed by atoms with van der Waals surface area (Å²) in [6, 6.07) is 11.5. The average molecular weight is 420 g/mol. The van der Waals surface area contributed by atoms with E-state index in [0.717, 1.165) is 23.0 Å². The monoisotopic (exact) mass is 420 g/mol. The van der Waals surface area contributed by atoms with E-state index in [4.69, 9.17) is 4.74 Å². The molecule has 0 radical (unpaired) electrons. The van der Waals surface area contributed by atoms with Gasteiger partial charge in [-0.1, -0.05) is 11.8 Å². The number of anilines is 2. The van der Waals surface area contributed by atoms with Crippen molar-refractivity contribution >= 4 is 35.1 Å². The quantitative estimate of drug-likeness (QED) is 0.656. The van der Waals surface area contributed by atoms with Crippen molar-refractivity contribution in [1.82, 2.24) is 15.3 Å². The second-order valence-corrected chi connectivity index (χ2v) is 8.05. The molecule has 2 N–H and O–H groups in total. The summed E-state index contributed by atoms with van der Waals surface area (Å²) < 4.78 is 5.80. The third kappa shape index (κ3) is 3.03. The molecule has 4 heterocycles. The smallest absolute Gasteiger partial charge is 0.327 e. The van der Waals surface area contributed by atoms with E-state index in [1.807, 2.05) is 19.1 Å². The molecule has 2 unspecified atom stereocenters. The molecule has 0 fully saturated rings.